The molecule has 1 aromatic carbocycles. The van der Waals surface area contributed by atoms with E-state index in [0.717, 1.165) is 23.2 Å². The molecule has 1 N–H and O–H groups in total. The van der Waals surface area contributed by atoms with Gasteiger partial charge >= 0.3 is 0 Å². The van der Waals surface area contributed by atoms with Gasteiger partial charge in [-0.25, -0.2) is 9.97 Å². The van der Waals surface area contributed by atoms with Crippen LogP contribution in [0.25, 0.3) is 0 Å². The van der Waals surface area contributed by atoms with E-state index < -0.39 is 0 Å². The second kappa shape index (κ2) is 9.08. The molecule has 0 bridgehead atoms. The van der Waals surface area contributed by atoms with Gasteiger partial charge in [0.1, 0.15) is 5.69 Å². The number of nitrogens with zero attached hydrogens (tertiary/aromatic N) is 4. The second-order valence-corrected chi connectivity index (χ2v) is 6.89. The average molecular weight is 375 g/mol. The van der Waals surface area contributed by atoms with Gasteiger partial charge in [-0.1, -0.05) is 29.8 Å². The maximum Gasteiger partial charge on any atom is 0.272 e. The lowest BCUT2D eigenvalue weighted by Gasteiger charge is -2.17. The van der Waals surface area contributed by atoms with Gasteiger partial charge in [-0.05, 0) is 49.6 Å². The summed E-state index contributed by atoms with van der Waals surface area (Å²) in [5, 5.41) is 3.21. The zero-order valence-corrected chi connectivity index (χ0v) is 16.5. The van der Waals surface area contributed by atoms with Gasteiger partial charge in [0.2, 0.25) is 5.95 Å². The van der Waals surface area contributed by atoms with Crippen LogP contribution < -0.4 is 5.32 Å². The van der Waals surface area contributed by atoms with Crippen LogP contribution >= 0.6 is 0 Å². The molecule has 0 saturated carbocycles. The van der Waals surface area contributed by atoms with E-state index in [4.69, 9.17) is 0 Å². The molecule has 2 aromatic heterocycles. The summed E-state index contributed by atoms with van der Waals surface area (Å²) in [6.45, 7) is 5.14. The quantitative estimate of drug-likeness (QED) is 0.685. The monoisotopic (exact) mass is 375 g/mol. The first kappa shape index (κ1) is 19.5. The number of carbonyl (C=O) groups excluding carboxylic acids is 1. The predicted octanol–water partition coefficient (Wildman–Crippen LogP) is 3.42. The van der Waals surface area contributed by atoms with Crippen LogP contribution in [0.15, 0.2) is 54.9 Å². The number of nitrogens with one attached hydrogen (secondary N) is 1. The molecular formula is C22H25N5O. The first-order valence-electron chi connectivity index (χ1n) is 9.31. The fourth-order valence-corrected chi connectivity index (χ4v) is 2.79. The van der Waals surface area contributed by atoms with E-state index in [0.29, 0.717) is 24.7 Å². The molecule has 0 aliphatic carbocycles. The van der Waals surface area contributed by atoms with E-state index in [1.54, 1.807) is 30.4 Å². The van der Waals surface area contributed by atoms with E-state index >= 15 is 0 Å². The maximum atomic E-state index is 12.8. The third kappa shape index (κ3) is 5.36. The van der Waals surface area contributed by atoms with Gasteiger partial charge in [0.15, 0.2) is 0 Å². The Kier molecular flexibility index (Phi) is 6.32. The third-order valence-electron chi connectivity index (χ3n) is 4.48. The molecule has 2 heterocycles. The summed E-state index contributed by atoms with van der Waals surface area (Å²) in [6, 6.07) is 13.9. The average Bonchev–Trinajstić information content (AvgIpc) is 2.71. The van der Waals surface area contributed by atoms with Crippen LogP contribution in [0.2, 0.25) is 0 Å². The van der Waals surface area contributed by atoms with Crippen molar-refractivity contribution in [2.75, 3.05) is 18.9 Å². The largest absolute Gasteiger partial charge is 0.350 e. The summed E-state index contributed by atoms with van der Waals surface area (Å²) in [7, 11) is 1.79. The first-order chi connectivity index (χ1) is 13.5. The van der Waals surface area contributed by atoms with Gasteiger partial charge in [0.05, 0.1) is 0 Å². The van der Waals surface area contributed by atoms with Gasteiger partial charge < -0.3 is 10.2 Å². The molecule has 6 nitrogen and oxygen atoms in total. The summed E-state index contributed by atoms with van der Waals surface area (Å²) >= 11 is 0. The number of hydrogen-bond acceptors (Lipinski definition) is 5. The maximum absolute atomic E-state index is 12.8. The highest BCUT2D eigenvalue weighted by Gasteiger charge is 2.15. The zero-order chi connectivity index (χ0) is 19.9. The minimum absolute atomic E-state index is 0.113. The zero-order valence-electron chi connectivity index (χ0n) is 16.5. The fraction of sp³-hybridized carbons (Fsp3) is 0.273. The Morgan fingerprint density at radius 3 is 2.43 bits per heavy atom. The molecule has 6 heteroatoms. The van der Waals surface area contributed by atoms with Crippen LogP contribution in [-0.2, 0) is 13.0 Å². The Bertz CT molecular complexity index is 925. The number of aromatic nitrogens is 3. The van der Waals surface area contributed by atoms with Crippen molar-refractivity contribution in [3.8, 4) is 0 Å². The minimum Gasteiger partial charge on any atom is -0.350 e. The number of amides is 1. The number of aryl methyl sites for hydroxylation is 2. The number of anilines is 1. The smallest absolute Gasteiger partial charge is 0.272 e. The molecule has 0 atom stereocenters. The lowest BCUT2D eigenvalue weighted by atomic mass is 10.1. The summed E-state index contributed by atoms with van der Waals surface area (Å²) in [6.07, 6.45) is 4.29. The SMILES string of the molecule is Cc1ccc(CNc2nc(C)cc(C(=O)N(C)CCc3ccncc3)n2)cc1. The summed E-state index contributed by atoms with van der Waals surface area (Å²) in [4.78, 5) is 27.3. The van der Waals surface area contributed by atoms with Crippen LogP contribution in [0.3, 0.4) is 0 Å². The molecule has 3 aromatic rings. The highest BCUT2D eigenvalue weighted by atomic mass is 16.2. The Balaban J connectivity index is 1.64. The van der Waals surface area contributed by atoms with E-state index in [1.165, 1.54) is 5.56 Å². The number of pyridine rings is 1. The lowest BCUT2D eigenvalue weighted by Crippen LogP contribution is -2.30. The molecule has 0 radical (unpaired) electrons. The normalized spacial score (nSPS) is 10.5. The van der Waals surface area contributed by atoms with E-state index in [1.807, 2.05) is 19.1 Å². The topological polar surface area (TPSA) is 71.0 Å². The number of carbonyl (C=O) groups is 1. The molecule has 144 valence electrons. The molecule has 0 aliphatic heterocycles. The molecule has 0 fully saturated rings. The van der Waals surface area contributed by atoms with E-state index in [9.17, 15) is 4.79 Å². The lowest BCUT2D eigenvalue weighted by molar-refractivity contribution is 0.0790. The van der Waals surface area contributed by atoms with Crippen molar-refractivity contribution in [1.82, 2.24) is 19.9 Å². The Labute approximate surface area is 165 Å². The van der Waals surface area contributed by atoms with Gasteiger partial charge in [0.25, 0.3) is 5.91 Å². The summed E-state index contributed by atoms with van der Waals surface area (Å²) in [5.74, 6) is 0.351. The van der Waals surface area contributed by atoms with Crippen molar-refractivity contribution < 1.29 is 4.79 Å². The Morgan fingerprint density at radius 1 is 1.00 bits per heavy atom. The molecular weight excluding hydrogens is 350 g/mol. The third-order valence-corrected chi connectivity index (χ3v) is 4.48. The molecule has 0 saturated heterocycles. The fourth-order valence-electron chi connectivity index (χ4n) is 2.79. The first-order valence-corrected chi connectivity index (χ1v) is 9.31. The number of rotatable bonds is 7. The van der Waals surface area contributed by atoms with Crippen LogP contribution in [0, 0.1) is 13.8 Å². The Hall–Kier alpha value is -3.28. The number of hydrogen-bond donors (Lipinski definition) is 1. The number of benzene rings is 1. The van der Waals surface area contributed by atoms with Crippen LogP contribution in [0.5, 0.6) is 0 Å². The molecule has 3 rings (SSSR count). The molecule has 0 unspecified atom stereocenters. The Morgan fingerprint density at radius 2 is 1.71 bits per heavy atom. The minimum atomic E-state index is -0.113. The second-order valence-electron chi connectivity index (χ2n) is 6.89. The molecule has 0 aliphatic rings. The van der Waals surface area contributed by atoms with Crippen molar-refractivity contribution in [2.45, 2.75) is 26.8 Å². The summed E-state index contributed by atoms with van der Waals surface area (Å²) in [5.41, 5.74) is 4.66. The molecule has 28 heavy (non-hydrogen) atoms. The van der Waals surface area contributed by atoms with Crippen molar-refractivity contribution in [3.63, 3.8) is 0 Å². The van der Waals surface area contributed by atoms with Crippen LogP contribution in [0.1, 0.15) is 32.9 Å². The molecule has 1 amide bonds. The highest BCUT2D eigenvalue weighted by Crippen LogP contribution is 2.10. The standard InChI is InChI=1S/C22H25N5O/c1-16-4-6-19(7-5-16)15-24-22-25-17(2)14-20(26-22)21(28)27(3)13-10-18-8-11-23-12-9-18/h4-9,11-12,14H,10,13,15H2,1-3H3,(H,24,25,26). The van der Waals surface area contributed by atoms with Crippen molar-refractivity contribution in [1.29, 1.82) is 0 Å². The van der Waals surface area contributed by atoms with Gasteiger partial charge in [0, 0.05) is 38.2 Å². The van der Waals surface area contributed by atoms with Gasteiger partial charge in [-0.2, -0.15) is 0 Å². The van der Waals surface area contributed by atoms with Crippen molar-refractivity contribution in [2.24, 2.45) is 0 Å². The van der Waals surface area contributed by atoms with Gasteiger partial charge in [-0.15, -0.1) is 0 Å². The van der Waals surface area contributed by atoms with E-state index in [2.05, 4.69) is 51.5 Å². The summed E-state index contributed by atoms with van der Waals surface area (Å²) < 4.78 is 0. The van der Waals surface area contributed by atoms with Crippen molar-refractivity contribution >= 4 is 11.9 Å². The van der Waals surface area contributed by atoms with Crippen molar-refractivity contribution in [3.05, 3.63) is 82.9 Å². The van der Waals surface area contributed by atoms with E-state index in [-0.39, 0.29) is 5.91 Å². The highest BCUT2D eigenvalue weighted by molar-refractivity contribution is 5.92. The number of likely N-dealkylation sites (N-methyl/N-ethyl adjacent to an activating group) is 1. The van der Waals surface area contributed by atoms with Crippen LogP contribution in [-0.4, -0.2) is 39.4 Å². The predicted molar refractivity (Wildman–Crippen MR) is 110 cm³/mol. The van der Waals surface area contributed by atoms with Crippen LogP contribution in [0.4, 0.5) is 5.95 Å². The van der Waals surface area contributed by atoms with Gasteiger partial charge in [-0.3, -0.25) is 9.78 Å². The molecule has 0 spiro atoms.